The Kier molecular flexibility index (Phi) is 7.58. The zero-order valence-electron chi connectivity index (χ0n) is 16.8. The predicted octanol–water partition coefficient (Wildman–Crippen LogP) is 0.262. The molecule has 1 aromatic carbocycles. The average Bonchev–Trinajstić information content (AvgIpc) is 3.26. The molecule has 164 valence electrons. The third-order valence-corrected chi connectivity index (χ3v) is 5.41. The Balaban J connectivity index is 1.90. The molecular formula is C20H23N5O5S. The molecule has 0 bridgehead atoms. The molecule has 31 heavy (non-hydrogen) atoms. The van der Waals surface area contributed by atoms with E-state index < -0.39 is 31.3 Å². The number of hydrogen-bond acceptors (Lipinski definition) is 9. The van der Waals surface area contributed by atoms with Crippen LogP contribution in [0.4, 0.5) is 0 Å². The number of ether oxygens (including phenoxy) is 1. The van der Waals surface area contributed by atoms with Gasteiger partial charge in [0, 0.05) is 12.3 Å². The topological polar surface area (TPSA) is 143 Å². The van der Waals surface area contributed by atoms with E-state index in [1.54, 1.807) is 30.0 Å². The summed E-state index contributed by atoms with van der Waals surface area (Å²) in [5, 5.41) is 39.6. The van der Waals surface area contributed by atoms with Crippen LogP contribution in [-0.2, 0) is 4.79 Å². The second-order valence-electron chi connectivity index (χ2n) is 6.65. The lowest BCUT2D eigenvalue weighted by Crippen LogP contribution is -2.57. The molecule has 10 nitrogen and oxygen atoms in total. The van der Waals surface area contributed by atoms with Crippen LogP contribution in [0.3, 0.4) is 0 Å². The molecule has 0 unspecified atom stereocenters. The molecule has 0 fully saturated rings. The fraction of sp³-hybridized carbons (Fsp3) is 0.300. The lowest BCUT2D eigenvalue weighted by atomic mass is 10.0. The van der Waals surface area contributed by atoms with Crippen molar-refractivity contribution < 1.29 is 24.9 Å². The highest BCUT2D eigenvalue weighted by atomic mass is 32.2. The summed E-state index contributed by atoms with van der Waals surface area (Å²) in [6, 6.07) is 12.8. The second-order valence-corrected chi connectivity index (χ2v) is 7.59. The number of aromatic nitrogens is 4. The van der Waals surface area contributed by atoms with Crippen LogP contribution in [0, 0.1) is 0 Å². The molecule has 0 aliphatic rings. The first kappa shape index (κ1) is 22.7. The molecule has 11 heteroatoms. The van der Waals surface area contributed by atoms with E-state index in [1.165, 1.54) is 0 Å². The highest BCUT2D eigenvalue weighted by molar-refractivity contribution is 7.99. The van der Waals surface area contributed by atoms with Crippen LogP contribution in [-0.4, -0.2) is 79.2 Å². The first-order valence-electron chi connectivity index (χ1n) is 9.33. The van der Waals surface area contributed by atoms with Gasteiger partial charge in [-0.15, -0.1) is 10.2 Å². The van der Waals surface area contributed by atoms with E-state index in [4.69, 9.17) is 4.74 Å². The van der Waals surface area contributed by atoms with Gasteiger partial charge in [-0.05, 0) is 24.3 Å². The van der Waals surface area contributed by atoms with Crippen molar-refractivity contribution >= 4 is 17.7 Å². The highest BCUT2D eigenvalue weighted by Gasteiger charge is 2.30. The van der Waals surface area contributed by atoms with Crippen LogP contribution in [0.2, 0.25) is 0 Å². The smallest absolute Gasteiger partial charge is 0.231 e. The van der Waals surface area contributed by atoms with Crippen molar-refractivity contribution in [2.75, 3.05) is 32.7 Å². The minimum absolute atomic E-state index is 0.0773. The quantitative estimate of drug-likeness (QED) is 0.323. The summed E-state index contributed by atoms with van der Waals surface area (Å²) in [6.45, 7) is -1.79. The maximum absolute atomic E-state index is 12.4. The molecule has 0 saturated heterocycles. The van der Waals surface area contributed by atoms with Crippen LogP contribution >= 0.6 is 11.8 Å². The van der Waals surface area contributed by atoms with Crippen molar-refractivity contribution in [2.45, 2.75) is 10.7 Å². The fourth-order valence-corrected chi connectivity index (χ4v) is 3.49. The Labute approximate surface area is 182 Å². The van der Waals surface area contributed by atoms with Gasteiger partial charge in [0.15, 0.2) is 11.0 Å². The first-order valence-corrected chi connectivity index (χ1v) is 10.3. The summed E-state index contributed by atoms with van der Waals surface area (Å²) in [5.41, 5.74) is -0.158. The molecule has 1 amide bonds. The Morgan fingerprint density at radius 1 is 1.13 bits per heavy atom. The molecule has 0 atom stereocenters. The monoisotopic (exact) mass is 445 g/mol. The van der Waals surface area contributed by atoms with Gasteiger partial charge in [-0.25, -0.2) is 0 Å². The number of aliphatic hydroxyl groups is 3. The van der Waals surface area contributed by atoms with E-state index in [0.29, 0.717) is 22.4 Å². The minimum Gasteiger partial charge on any atom is -0.497 e. The molecular weight excluding hydrogens is 422 g/mol. The molecule has 3 rings (SSSR count). The Hall–Kier alpha value is -2.99. The normalized spacial score (nSPS) is 11.4. The van der Waals surface area contributed by atoms with Gasteiger partial charge in [0.05, 0.1) is 38.4 Å². The van der Waals surface area contributed by atoms with Gasteiger partial charge < -0.3 is 25.4 Å². The summed E-state index contributed by atoms with van der Waals surface area (Å²) in [5.74, 6) is 0.575. The number of nitrogens with one attached hydrogen (secondary N) is 1. The minimum atomic E-state index is -1.49. The molecule has 0 aliphatic carbocycles. The number of aliphatic hydroxyl groups excluding tert-OH is 3. The third-order valence-electron chi connectivity index (χ3n) is 4.48. The SMILES string of the molecule is COc1cccc(-n2c(SCC(=O)NC(CO)(CO)CO)nnc2-c2ccccn2)c1. The van der Waals surface area contributed by atoms with E-state index in [1.807, 2.05) is 30.3 Å². The van der Waals surface area contributed by atoms with Gasteiger partial charge in [0.1, 0.15) is 17.0 Å². The lowest BCUT2D eigenvalue weighted by Gasteiger charge is -2.28. The van der Waals surface area contributed by atoms with Crippen LogP contribution in [0.25, 0.3) is 17.2 Å². The number of hydrogen-bond donors (Lipinski definition) is 4. The standard InChI is InChI=1S/C20H23N5O5S/c1-30-15-6-4-5-14(9-15)25-18(16-7-2-3-8-21-16)23-24-19(25)31-10-17(29)22-20(11-26,12-27)13-28/h2-9,26-28H,10-13H2,1H3,(H,22,29). The Morgan fingerprint density at radius 3 is 2.55 bits per heavy atom. The van der Waals surface area contributed by atoms with Crippen molar-refractivity contribution in [3.8, 4) is 23.0 Å². The van der Waals surface area contributed by atoms with E-state index in [2.05, 4.69) is 20.5 Å². The summed E-state index contributed by atoms with van der Waals surface area (Å²) in [6.07, 6.45) is 1.65. The van der Waals surface area contributed by atoms with Crippen LogP contribution in [0.1, 0.15) is 0 Å². The van der Waals surface area contributed by atoms with Crippen LogP contribution in [0.5, 0.6) is 5.75 Å². The van der Waals surface area contributed by atoms with Crippen molar-refractivity contribution in [1.82, 2.24) is 25.1 Å². The zero-order valence-corrected chi connectivity index (χ0v) is 17.6. The molecule has 0 aliphatic heterocycles. The predicted molar refractivity (Wildman–Crippen MR) is 114 cm³/mol. The van der Waals surface area contributed by atoms with E-state index in [0.717, 1.165) is 17.4 Å². The molecule has 3 aromatic rings. The number of pyridine rings is 1. The van der Waals surface area contributed by atoms with Gasteiger partial charge >= 0.3 is 0 Å². The summed E-state index contributed by atoms with van der Waals surface area (Å²) < 4.78 is 7.08. The molecule has 2 heterocycles. The lowest BCUT2D eigenvalue weighted by molar-refractivity contribution is -0.122. The van der Waals surface area contributed by atoms with E-state index in [9.17, 15) is 20.1 Å². The Bertz CT molecular complexity index is 1000. The van der Waals surface area contributed by atoms with E-state index >= 15 is 0 Å². The van der Waals surface area contributed by atoms with Crippen molar-refractivity contribution in [3.63, 3.8) is 0 Å². The van der Waals surface area contributed by atoms with Crippen molar-refractivity contribution in [3.05, 3.63) is 48.7 Å². The van der Waals surface area contributed by atoms with Gasteiger partial charge in [-0.3, -0.25) is 14.3 Å². The average molecular weight is 446 g/mol. The van der Waals surface area contributed by atoms with Crippen LogP contribution in [0.15, 0.2) is 53.8 Å². The van der Waals surface area contributed by atoms with Crippen molar-refractivity contribution in [1.29, 1.82) is 0 Å². The summed E-state index contributed by atoms with van der Waals surface area (Å²) >= 11 is 1.11. The number of rotatable bonds is 10. The maximum Gasteiger partial charge on any atom is 0.231 e. The van der Waals surface area contributed by atoms with Crippen molar-refractivity contribution in [2.24, 2.45) is 0 Å². The summed E-state index contributed by atoms with van der Waals surface area (Å²) in [7, 11) is 1.57. The van der Waals surface area contributed by atoms with Crippen LogP contribution < -0.4 is 10.1 Å². The first-order chi connectivity index (χ1) is 15.1. The molecule has 0 saturated carbocycles. The second kappa shape index (κ2) is 10.4. The van der Waals surface area contributed by atoms with Gasteiger partial charge in [0.2, 0.25) is 5.91 Å². The van der Waals surface area contributed by atoms with Gasteiger partial charge in [-0.1, -0.05) is 23.9 Å². The molecule has 2 aromatic heterocycles. The molecule has 4 N–H and O–H groups in total. The Morgan fingerprint density at radius 2 is 1.90 bits per heavy atom. The molecule has 0 spiro atoms. The third kappa shape index (κ3) is 5.20. The maximum atomic E-state index is 12.4. The number of carbonyl (C=O) groups excluding carboxylic acids is 1. The number of benzene rings is 1. The zero-order chi connectivity index (χ0) is 22.3. The fourth-order valence-electron chi connectivity index (χ4n) is 2.74. The van der Waals surface area contributed by atoms with E-state index in [-0.39, 0.29) is 5.75 Å². The largest absolute Gasteiger partial charge is 0.497 e. The van der Waals surface area contributed by atoms with Gasteiger partial charge in [0.25, 0.3) is 0 Å². The number of methoxy groups -OCH3 is 1. The summed E-state index contributed by atoms with van der Waals surface area (Å²) in [4.78, 5) is 16.7. The van der Waals surface area contributed by atoms with Gasteiger partial charge in [-0.2, -0.15) is 0 Å². The number of thioether (sulfide) groups is 1. The highest BCUT2D eigenvalue weighted by Crippen LogP contribution is 2.28. The number of nitrogens with zero attached hydrogens (tertiary/aromatic N) is 4. The number of carbonyl (C=O) groups is 1. The number of amides is 1. The molecule has 0 radical (unpaired) electrons.